The van der Waals surface area contributed by atoms with Gasteiger partial charge < -0.3 is 15.4 Å². The van der Waals surface area contributed by atoms with Crippen molar-refractivity contribution in [2.45, 2.75) is 50.7 Å². The number of amides is 1. The first kappa shape index (κ1) is 11.9. The molecule has 4 nitrogen and oxygen atoms in total. The van der Waals surface area contributed by atoms with Crippen molar-refractivity contribution in [3.8, 4) is 0 Å². The number of carbonyl (C=O) groups is 1. The Kier molecular flexibility index (Phi) is 3.50. The molecule has 1 aliphatic heterocycles. The van der Waals surface area contributed by atoms with Crippen molar-refractivity contribution in [3.05, 3.63) is 0 Å². The lowest BCUT2D eigenvalue weighted by molar-refractivity contribution is -0.168. The molecule has 2 fully saturated rings. The summed E-state index contributed by atoms with van der Waals surface area (Å²) in [5, 5.41) is 0. The lowest BCUT2D eigenvalue weighted by Crippen LogP contribution is -2.59. The highest BCUT2D eigenvalue weighted by atomic mass is 16.5. The number of hydrogen-bond acceptors (Lipinski definition) is 3. The number of hydrogen-bond donors (Lipinski definition) is 1. The minimum atomic E-state index is -0.319. The van der Waals surface area contributed by atoms with Crippen molar-refractivity contribution in [1.82, 2.24) is 4.90 Å². The van der Waals surface area contributed by atoms with Gasteiger partial charge in [-0.05, 0) is 25.7 Å². The standard InChI is InChI=1S/C12H22N2O2/c1-2-4-10(13)11(15)14-7-8-16-12(9-14)5-3-6-12/h10H,2-9,13H2,1H3. The first-order valence-electron chi connectivity index (χ1n) is 6.35. The molecule has 2 aliphatic rings. The highest BCUT2D eigenvalue weighted by Gasteiger charge is 2.43. The van der Waals surface area contributed by atoms with Crippen LogP contribution in [0.25, 0.3) is 0 Å². The zero-order valence-electron chi connectivity index (χ0n) is 10.1. The van der Waals surface area contributed by atoms with Gasteiger partial charge >= 0.3 is 0 Å². The molecule has 0 aromatic heterocycles. The van der Waals surface area contributed by atoms with Gasteiger partial charge in [0.2, 0.25) is 5.91 Å². The summed E-state index contributed by atoms with van der Waals surface area (Å²) in [6, 6.07) is -0.319. The fourth-order valence-electron chi connectivity index (χ4n) is 2.58. The Balaban J connectivity index is 1.91. The van der Waals surface area contributed by atoms with E-state index in [0.717, 1.165) is 32.2 Å². The van der Waals surface area contributed by atoms with Crippen LogP contribution in [0.4, 0.5) is 0 Å². The third-order valence-electron chi connectivity index (χ3n) is 3.74. The van der Waals surface area contributed by atoms with Crippen molar-refractivity contribution in [3.63, 3.8) is 0 Å². The molecule has 1 saturated carbocycles. The Bertz CT molecular complexity index is 264. The Morgan fingerprint density at radius 1 is 1.56 bits per heavy atom. The van der Waals surface area contributed by atoms with Crippen LogP contribution in [-0.4, -0.2) is 42.1 Å². The van der Waals surface area contributed by atoms with E-state index in [4.69, 9.17) is 10.5 Å². The number of nitrogens with two attached hydrogens (primary N) is 1. The van der Waals surface area contributed by atoms with Gasteiger partial charge in [-0.15, -0.1) is 0 Å². The number of carbonyl (C=O) groups excluding carboxylic acids is 1. The van der Waals surface area contributed by atoms with Crippen molar-refractivity contribution in [1.29, 1.82) is 0 Å². The van der Waals surface area contributed by atoms with Crippen LogP contribution in [0.15, 0.2) is 0 Å². The van der Waals surface area contributed by atoms with Crippen LogP contribution < -0.4 is 5.73 Å². The van der Waals surface area contributed by atoms with Crippen LogP contribution >= 0.6 is 0 Å². The van der Waals surface area contributed by atoms with Crippen molar-refractivity contribution < 1.29 is 9.53 Å². The maximum absolute atomic E-state index is 12.1. The zero-order chi connectivity index (χ0) is 11.6. The second kappa shape index (κ2) is 4.72. The molecule has 1 saturated heterocycles. The molecule has 2 rings (SSSR count). The highest BCUT2D eigenvalue weighted by Crippen LogP contribution is 2.38. The highest BCUT2D eigenvalue weighted by molar-refractivity contribution is 5.81. The number of morpholine rings is 1. The van der Waals surface area contributed by atoms with E-state index in [-0.39, 0.29) is 17.6 Å². The van der Waals surface area contributed by atoms with E-state index in [2.05, 4.69) is 6.92 Å². The largest absolute Gasteiger partial charge is 0.371 e. The Morgan fingerprint density at radius 3 is 2.88 bits per heavy atom. The second-order valence-corrected chi connectivity index (χ2v) is 5.04. The number of ether oxygens (including phenoxy) is 1. The van der Waals surface area contributed by atoms with Crippen LogP contribution in [0.3, 0.4) is 0 Å². The second-order valence-electron chi connectivity index (χ2n) is 5.04. The van der Waals surface area contributed by atoms with E-state index in [1.807, 2.05) is 4.90 Å². The van der Waals surface area contributed by atoms with Gasteiger partial charge in [0.05, 0.1) is 18.2 Å². The molecule has 92 valence electrons. The van der Waals surface area contributed by atoms with E-state index in [1.165, 1.54) is 6.42 Å². The smallest absolute Gasteiger partial charge is 0.239 e. The average Bonchev–Trinajstić information content (AvgIpc) is 2.26. The summed E-state index contributed by atoms with van der Waals surface area (Å²) >= 11 is 0. The van der Waals surface area contributed by atoms with Crippen LogP contribution in [0, 0.1) is 0 Å². The Labute approximate surface area is 97.1 Å². The van der Waals surface area contributed by atoms with Gasteiger partial charge in [0, 0.05) is 13.1 Å². The molecule has 0 bridgehead atoms. The zero-order valence-corrected chi connectivity index (χ0v) is 10.1. The molecule has 16 heavy (non-hydrogen) atoms. The van der Waals surface area contributed by atoms with Gasteiger partial charge in [0.15, 0.2) is 0 Å². The summed E-state index contributed by atoms with van der Waals surface area (Å²) in [7, 11) is 0. The lowest BCUT2D eigenvalue weighted by atomic mass is 9.78. The molecule has 1 heterocycles. The van der Waals surface area contributed by atoms with E-state index in [1.54, 1.807) is 0 Å². The molecule has 0 aromatic carbocycles. The minimum absolute atomic E-state index is 0.0140. The lowest BCUT2D eigenvalue weighted by Gasteiger charge is -2.48. The molecule has 0 aromatic rings. The summed E-state index contributed by atoms with van der Waals surface area (Å²) < 4.78 is 5.79. The fourth-order valence-corrected chi connectivity index (χ4v) is 2.58. The molecule has 1 unspecified atom stereocenters. The van der Waals surface area contributed by atoms with Gasteiger partial charge in [-0.1, -0.05) is 13.3 Å². The van der Waals surface area contributed by atoms with Crippen molar-refractivity contribution in [2.75, 3.05) is 19.7 Å². The van der Waals surface area contributed by atoms with Gasteiger partial charge in [-0.25, -0.2) is 0 Å². The Hall–Kier alpha value is -0.610. The van der Waals surface area contributed by atoms with Crippen molar-refractivity contribution in [2.24, 2.45) is 5.73 Å². The van der Waals surface area contributed by atoms with Crippen LogP contribution in [0.1, 0.15) is 39.0 Å². The van der Waals surface area contributed by atoms with Crippen molar-refractivity contribution >= 4 is 5.91 Å². The van der Waals surface area contributed by atoms with E-state index in [9.17, 15) is 4.79 Å². The summed E-state index contributed by atoms with van der Waals surface area (Å²) in [6.45, 7) is 4.19. The molecule has 0 radical (unpaired) electrons. The summed E-state index contributed by atoms with van der Waals surface area (Å²) in [5.41, 5.74) is 5.86. The van der Waals surface area contributed by atoms with Gasteiger partial charge in [-0.2, -0.15) is 0 Å². The Morgan fingerprint density at radius 2 is 2.31 bits per heavy atom. The van der Waals surface area contributed by atoms with E-state index < -0.39 is 0 Å². The molecule has 1 atom stereocenters. The van der Waals surface area contributed by atoms with E-state index in [0.29, 0.717) is 13.2 Å². The molecular weight excluding hydrogens is 204 g/mol. The molecule has 1 amide bonds. The SMILES string of the molecule is CCCC(N)C(=O)N1CCOC2(CCC2)C1. The molecular formula is C12H22N2O2. The van der Waals surface area contributed by atoms with Gasteiger partial charge in [-0.3, -0.25) is 4.79 Å². The van der Waals surface area contributed by atoms with Crippen LogP contribution in [-0.2, 0) is 9.53 Å². The first-order valence-corrected chi connectivity index (χ1v) is 6.35. The fraction of sp³-hybridized carbons (Fsp3) is 0.917. The maximum Gasteiger partial charge on any atom is 0.239 e. The number of rotatable bonds is 3. The van der Waals surface area contributed by atoms with Gasteiger partial charge in [0.25, 0.3) is 0 Å². The minimum Gasteiger partial charge on any atom is -0.371 e. The number of nitrogens with zero attached hydrogens (tertiary/aromatic N) is 1. The maximum atomic E-state index is 12.1. The first-order chi connectivity index (χ1) is 7.67. The monoisotopic (exact) mass is 226 g/mol. The average molecular weight is 226 g/mol. The predicted octanol–water partition coefficient (Wildman–Crippen LogP) is 0.895. The van der Waals surface area contributed by atoms with Crippen LogP contribution in [0.2, 0.25) is 0 Å². The summed E-state index contributed by atoms with van der Waals surface area (Å²) in [4.78, 5) is 14.0. The predicted molar refractivity (Wildman–Crippen MR) is 62.0 cm³/mol. The normalized spacial score (nSPS) is 25.2. The van der Waals surface area contributed by atoms with Gasteiger partial charge in [0.1, 0.15) is 0 Å². The summed E-state index contributed by atoms with van der Waals surface area (Å²) in [6.07, 6.45) is 5.16. The quantitative estimate of drug-likeness (QED) is 0.777. The molecule has 1 aliphatic carbocycles. The third kappa shape index (κ3) is 2.23. The molecule has 4 heteroatoms. The molecule has 2 N–H and O–H groups in total. The third-order valence-corrected chi connectivity index (χ3v) is 3.74. The molecule has 1 spiro atoms. The van der Waals surface area contributed by atoms with E-state index >= 15 is 0 Å². The van der Waals surface area contributed by atoms with Crippen LogP contribution in [0.5, 0.6) is 0 Å². The topological polar surface area (TPSA) is 55.6 Å². The summed E-state index contributed by atoms with van der Waals surface area (Å²) in [5.74, 6) is 0.108.